The normalized spacial score (nSPS) is 10.7. The largest absolute Gasteiger partial charge is 0.497 e. The Morgan fingerprint density at radius 3 is 2.33 bits per heavy atom. The molecule has 0 unspecified atom stereocenters. The minimum Gasteiger partial charge on any atom is -0.497 e. The monoisotopic (exact) mass is 560 g/mol. The Balaban J connectivity index is 1.73. The molecule has 0 aromatic heterocycles. The molecule has 0 radical (unpaired) electrons. The molecular formula is C25H25IN2O5. The Morgan fingerprint density at radius 2 is 1.70 bits per heavy atom. The Hall–Kier alpha value is -3.27. The van der Waals surface area contributed by atoms with Crippen molar-refractivity contribution >= 4 is 34.7 Å². The highest BCUT2D eigenvalue weighted by Gasteiger charge is 2.13. The molecule has 1 amide bonds. The number of halogens is 1. The maximum absolute atomic E-state index is 12.5. The van der Waals surface area contributed by atoms with Crippen LogP contribution in [0.5, 0.6) is 23.0 Å². The van der Waals surface area contributed by atoms with E-state index in [9.17, 15) is 4.79 Å². The molecule has 0 fully saturated rings. The van der Waals surface area contributed by atoms with Gasteiger partial charge in [-0.15, -0.1) is 0 Å². The van der Waals surface area contributed by atoms with Crippen molar-refractivity contribution in [1.29, 1.82) is 0 Å². The van der Waals surface area contributed by atoms with Gasteiger partial charge in [-0.25, -0.2) is 5.43 Å². The fourth-order valence-corrected chi connectivity index (χ4v) is 3.74. The molecule has 0 heterocycles. The summed E-state index contributed by atoms with van der Waals surface area (Å²) in [6.45, 7) is 2.84. The Bertz CT molecular complexity index is 1100. The standard InChI is InChI=1S/C25H25IN2O5/c1-4-32-23-11-18(10-22(26)24(23)33-16-17-8-6-5-7-9-17)15-27-28-25(29)19-12-20(30-2)14-21(13-19)31-3/h5-15H,4,16H2,1-3H3,(H,28,29)/b27-15-. The first-order chi connectivity index (χ1) is 16.0. The maximum atomic E-state index is 12.5. The van der Waals surface area contributed by atoms with E-state index in [-0.39, 0.29) is 5.91 Å². The summed E-state index contributed by atoms with van der Waals surface area (Å²) in [6.07, 6.45) is 1.56. The van der Waals surface area contributed by atoms with Crippen molar-refractivity contribution in [3.63, 3.8) is 0 Å². The van der Waals surface area contributed by atoms with Crippen LogP contribution in [0.3, 0.4) is 0 Å². The van der Waals surface area contributed by atoms with E-state index in [4.69, 9.17) is 18.9 Å². The molecule has 0 atom stereocenters. The number of hydrogen-bond donors (Lipinski definition) is 1. The maximum Gasteiger partial charge on any atom is 0.271 e. The fourth-order valence-electron chi connectivity index (χ4n) is 2.96. The van der Waals surface area contributed by atoms with Crippen LogP contribution >= 0.6 is 22.6 Å². The molecule has 8 heteroatoms. The van der Waals surface area contributed by atoms with Gasteiger partial charge in [0.05, 0.1) is 30.6 Å². The minimum atomic E-state index is -0.383. The summed E-state index contributed by atoms with van der Waals surface area (Å²) in [5, 5.41) is 4.09. The third-order valence-electron chi connectivity index (χ3n) is 4.55. The van der Waals surface area contributed by atoms with Gasteiger partial charge in [-0.1, -0.05) is 30.3 Å². The number of nitrogens with one attached hydrogen (secondary N) is 1. The van der Waals surface area contributed by atoms with Gasteiger partial charge in [0.1, 0.15) is 18.1 Å². The van der Waals surface area contributed by atoms with Gasteiger partial charge in [-0.3, -0.25) is 4.79 Å². The predicted octanol–water partition coefficient (Wildman–Crippen LogP) is 5.05. The molecule has 0 aliphatic heterocycles. The molecule has 1 N–H and O–H groups in total. The number of carbonyl (C=O) groups excluding carboxylic acids is 1. The zero-order valence-corrected chi connectivity index (χ0v) is 20.8. The summed E-state index contributed by atoms with van der Waals surface area (Å²) in [5.74, 6) is 1.94. The molecule has 0 bridgehead atoms. The Kier molecular flexibility index (Phi) is 8.94. The molecule has 0 aliphatic carbocycles. The first-order valence-corrected chi connectivity index (χ1v) is 11.3. The zero-order chi connectivity index (χ0) is 23.6. The zero-order valence-electron chi connectivity index (χ0n) is 18.6. The van der Waals surface area contributed by atoms with Gasteiger partial charge in [0.25, 0.3) is 5.91 Å². The van der Waals surface area contributed by atoms with Crippen molar-refractivity contribution in [2.24, 2.45) is 5.10 Å². The summed E-state index contributed by atoms with van der Waals surface area (Å²) in [5.41, 5.74) is 4.73. The van der Waals surface area contributed by atoms with E-state index in [1.807, 2.05) is 49.4 Å². The predicted molar refractivity (Wildman–Crippen MR) is 136 cm³/mol. The molecule has 3 rings (SSSR count). The smallest absolute Gasteiger partial charge is 0.271 e. The van der Waals surface area contributed by atoms with E-state index in [2.05, 4.69) is 33.1 Å². The number of ether oxygens (including phenoxy) is 4. The summed E-state index contributed by atoms with van der Waals surface area (Å²) in [4.78, 5) is 12.5. The van der Waals surface area contributed by atoms with Crippen molar-refractivity contribution in [3.05, 3.63) is 80.9 Å². The van der Waals surface area contributed by atoms with Crippen molar-refractivity contribution in [1.82, 2.24) is 5.43 Å². The van der Waals surface area contributed by atoms with E-state index < -0.39 is 0 Å². The van der Waals surface area contributed by atoms with Gasteiger partial charge in [0.2, 0.25) is 0 Å². The van der Waals surface area contributed by atoms with E-state index >= 15 is 0 Å². The van der Waals surface area contributed by atoms with Crippen LogP contribution in [-0.4, -0.2) is 32.9 Å². The van der Waals surface area contributed by atoms with Crippen LogP contribution in [0.2, 0.25) is 0 Å². The highest BCUT2D eigenvalue weighted by atomic mass is 127. The number of methoxy groups -OCH3 is 2. The Labute approximate surface area is 206 Å². The van der Waals surface area contributed by atoms with E-state index in [0.29, 0.717) is 41.8 Å². The second-order valence-electron chi connectivity index (χ2n) is 6.84. The van der Waals surface area contributed by atoms with Crippen LogP contribution in [0, 0.1) is 3.57 Å². The third-order valence-corrected chi connectivity index (χ3v) is 5.35. The second-order valence-corrected chi connectivity index (χ2v) is 8.00. The van der Waals surface area contributed by atoms with E-state index in [0.717, 1.165) is 14.7 Å². The van der Waals surface area contributed by atoms with E-state index in [1.165, 1.54) is 14.2 Å². The van der Waals surface area contributed by atoms with Gasteiger partial charge in [0, 0.05) is 11.6 Å². The van der Waals surface area contributed by atoms with Gasteiger partial charge >= 0.3 is 0 Å². The molecule has 7 nitrogen and oxygen atoms in total. The molecule has 0 saturated heterocycles. The van der Waals surface area contributed by atoms with Gasteiger partial charge < -0.3 is 18.9 Å². The van der Waals surface area contributed by atoms with Gasteiger partial charge in [-0.2, -0.15) is 5.10 Å². The molecule has 0 spiro atoms. The molecular weight excluding hydrogens is 535 g/mol. The van der Waals surface area contributed by atoms with Crippen LogP contribution in [0.1, 0.15) is 28.4 Å². The number of hydrazone groups is 1. The lowest BCUT2D eigenvalue weighted by Gasteiger charge is -2.14. The van der Waals surface area contributed by atoms with E-state index in [1.54, 1.807) is 24.4 Å². The van der Waals surface area contributed by atoms with Gasteiger partial charge in [0.15, 0.2) is 11.5 Å². The number of carbonyl (C=O) groups is 1. The lowest BCUT2D eigenvalue weighted by atomic mass is 10.2. The first kappa shape index (κ1) is 24.4. The summed E-state index contributed by atoms with van der Waals surface area (Å²) >= 11 is 2.20. The SMILES string of the molecule is CCOc1cc(/C=N\NC(=O)c2cc(OC)cc(OC)c2)cc(I)c1OCc1ccccc1. The van der Waals surface area contributed by atoms with Crippen LogP contribution in [0.25, 0.3) is 0 Å². The number of amides is 1. The summed E-state index contributed by atoms with van der Waals surface area (Å²) in [6, 6.07) is 18.6. The summed E-state index contributed by atoms with van der Waals surface area (Å²) < 4.78 is 23.1. The minimum absolute atomic E-state index is 0.373. The van der Waals surface area contributed by atoms with Crippen molar-refractivity contribution in [2.75, 3.05) is 20.8 Å². The molecule has 33 heavy (non-hydrogen) atoms. The van der Waals surface area contributed by atoms with Crippen LogP contribution < -0.4 is 24.4 Å². The van der Waals surface area contributed by atoms with Crippen molar-refractivity contribution in [3.8, 4) is 23.0 Å². The molecule has 3 aromatic carbocycles. The molecule has 0 aliphatic rings. The quantitative estimate of drug-likeness (QED) is 0.213. The number of nitrogens with zero attached hydrogens (tertiary/aromatic N) is 1. The highest BCUT2D eigenvalue weighted by Crippen LogP contribution is 2.34. The Morgan fingerprint density at radius 1 is 1.00 bits per heavy atom. The average Bonchev–Trinajstić information content (AvgIpc) is 2.84. The average molecular weight is 560 g/mol. The number of benzene rings is 3. The number of hydrogen-bond acceptors (Lipinski definition) is 6. The number of rotatable bonds is 10. The molecule has 0 saturated carbocycles. The lowest BCUT2D eigenvalue weighted by molar-refractivity contribution is 0.0954. The van der Waals surface area contributed by atoms with Crippen LogP contribution in [-0.2, 0) is 6.61 Å². The second kappa shape index (κ2) is 12.1. The van der Waals surface area contributed by atoms with Crippen molar-refractivity contribution in [2.45, 2.75) is 13.5 Å². The molecule has 3 aromatic rings. The molecule has 172 valence electrons. The van der Waals surface area contributed by atoms with Crippen molar-refractivity contribution < 1.29 is 23.7 Å². The van der Waals surface area contributed by atoms with Crippen LogP contribution in [0.15, 0.2) is 65.8 Å². The lowest BCUT2D eigenvalue weighted by Crippen LogP contribution is -2.17. The first-order valence-electron chi connectivity index (χ1n) is 10.2. The van der Waals surface area contributed by atoms with Gasteiger partial charge in [-0.05, 0) is 64.9 Å². The fraction of sp³-hybridized carbons (Fsp3) is 0.200. The summed E-state index contributed by atoms with van der Waals surface area (Å²) in [7, 11) is 3.05. The topological polar surface area (TPSA) is 78.4 Å². The third kappa shape index (κ3) is 6.85. The van der Waals surface area contributed by atoms with Crippen LogP contribution in [0.4, 0.5) is 0 Å². The highest BCUT2D eigenvalue weighted by molar-refractivity contribution is 14.1.